The van der Waals surface area contributed by atoms with E-state index in [1.807, 2.05) is 6.07 Å². The number of hydrogen-bond acceptors (Lipinski definition) is 3. The Morgan fingerprint density at radius 1 is 1.30 bits per heavy atom. The Hall–Kier alpha value is -1.16. The summed E-state index contributed by atoms with van der Waals surface area (Å²) in [5.41, 5.74) is 1.25. The van der Waals surface area contributed by atoms with Crippen molar-refractivity contribution in [1.29, 1.82) is 0 Å². The summed E-state index contributed by atoms with van der Waals surface area (Å²) in [7, 11) is 0. The Morgan fingerprint density at radius 3 is 3.10 bits per heavy atom. The average Bonchev–Trinajstić information content (AvgIpc) is 2.95. The molecule has 20 heavy (non-hydrogen) atoms. The summed E-state index contributed by atoms with van der Waals surface area (Å²) in [6, 6.07) is 11.1. The third-order valence-corrected chi connectivity index (χ3v) is 4.21. The van der Waals surface area contributed by atoms with Gasteiger partial charge in [0, 0.05) is 25.7 Å². The van der Waals surface area contributed by atoms with Gasteiger partial charge in [0.15, 0.2) is 0 Å². The lowest BCUT2D eigenvalue weighted by Crippen LogP contribution is -2.49. The highest BCUT2D eigenvalue weighted by Crippen LogP contribution is 2.22. The van der Waals surface area contributed by atoms with Gasteiger partial charge in [-0.1, -0.05) is 42.5 Å². The lowest BCUT2D eigenvalue weighted by atomic mass is 10.2. The molecule has 0 saturated carbocycles. The molecule has 0 amide bonds. The van der Waals surface area contributed by atoms with Crippen molar-refractivity contribution in [3.8, 4) is 0 Å². The molecule has 2 unspecified atom stereocenters. The molecule has 0 spiro atoms. The molecule has 0 radical (unpaired) electrons. The predicted octanol–water partition coefficient (Wildman–Crippen LogP) is 2.15. The molecule has 3 rings (SSSR count). The van der Waals surface area contributed by atoms with Crippen LogP contribution in [0.2, 0.25) is 0 Å². The molecule has 3 heteroatoms. The number of nitrogens with zero attached hydrogens (tertiary/aromatic N) is 1. The van der Waals surface area contributed by atoms with Crippen LogP contribution in [0.5, 0.6) is 0 Å². The van der Waals surface area contributed by atoms with E-state index in [0.717, 1.165) is 26.2 Å². The number of ether oxygens (including phenoxy) is 1. The highest BCUT2D eigenvalue weighted by molar-refractivity contribution is 5.48. The van der Waals surface area contributed by atoms with E-state index in [4.69, 9.17) is 4.74 Å². The van der Waals surface area contributed by atoms with Crippen LogP contribution in [-0.2, 0) is 4.74 Å². The van der Waals surface area contributed by atoms with Crippen LogP contribution in [0, 0.1) is 0 Å². The fraction of sp³-hybridized carbons (Fsp3) is 0.529. The average molecular weight is 272 g/mol. The molecule has 0 bridgehead atoms. The normalized spacial score (nSPS) is 27.0. The molecule has 2 fully saturated rings. The predicted molar refractivity (Wildman–Crippen MR) is 82.7 cm³/mol. The van der Waals surface area contributed by atoms with Crippen LogP contribution < -0.4 is 5.32 Å². The van der Waals surface area contributed by atoms with Crippen LogP contribution in [0.3, 0.4) is 0 Å². The maximum atomic E-state index is 5.93. The Labute approximate surface area is 121 Å². The third-order valence-electron chi connectivity index (χ3n) is 4.21. The molecule has 1 aromatic rings. The van der Waals surface area contributed by atoms with E-state index < -0.39 is 0 Å². The van der Waals surface area contributed by atoms with Gasteiger partial charge >= 0.3 is 0 Å². The van der Waals surface area contributed by atoms with Gasteiger partial charge in [-0.05, 0) is 24.9 Å². The summed E-state index contributed by atoms with van der Waals surface area (Å²) in [6.45, 7) is 5.13. The Kier molecular flexibility index (Phi) is 4.85. The first-order valence-corrected chi connectivity index (χ1v) is 7.70. The number of morpholine rings is 1. The molecular weight excluding hydrogens is 248 g/mol. The monoisotopic (exact) mass is 272 g/mol. The summed E-state index contributed by atoms with van der Waals surface area (Å²) >= 11 is 0. The lowest BCUT2D eigenvalue weighted by molar-refractivity contribution is -0.0465. The summed E-state index contributed by atoms with van der Waals surface area (Å²) in [4.78, 5) is 2.59. The first-order valence-electron chi connectivity index (χ1n) is 7.70. The molecule has 0 aliphatic carbocycles. The minimum absolute atomic E-state index is 0.356. The van der Waals surface area contributed by atoms with Gasteiger partial charge in [0.2, 0.25) is 0 Å². The third kappa shape index (κ3) is 3.69. The number of nitrogens with one attached hydrogen (secondary N) is 1. The van der Waals surface area contributed by atoms with Gasteiger partial charge in [0.1, 0.15) is 0 Å². The van der Waals surface area contributed by atoms with E-state index in [2.05, 4.69) is 46.6 Å². The SMILES string of the molecule is C(=Cc1ccccc1)CNCC1CN2CCCC2CO1. The van der Waals surface area contributed by atoms with Crippen LogP contribution in [0.25, 0.3) is 6.08 Å². The van der Waals surface area contributed by atoms with Crippen molar-refractivity contribution in [3.05, 3.63) is 42.0 Å². The van der Waals surface area contributed by atoms with E-state index in [9.17, 15) is 0 Å². The van der Waals surface area contributed by atoms with Crippen LogP contribution in [0.15, 0.2) is 36.4 Å². The number of fused-ring (bicyclic) bond motifs is 1. The molecule has 1 N–H and O–H groups in total. The van der Waals surface area contributed by atoms with Gasteiger partial charge < -0.3 is 10.1 Å². The molecule has 2 heterocycles. The fourth-order valence-corrected chi connectivity index (χ4v) is 3.10. The van der Waals surface area contributed by atoms with Gasteiger partial charge in [-0.3, -0.25) is 4.90 Å². The molecule has 2 aliphatic heterocycles. The zero-order chi connectivity index (χ0) is 13.6. The molecule has 2 aliphatic rings. The fourth-order valence-electron chi connectivity index (χ4n) is 3.10. The van der Waals surface area contributed by atoms with Gasteiger partial charge in [-0.15, -0.1) is 0 Å². The van der Waals surface area contributed by atoms with Gasteiger partial charge in [0.05, 0.1) is 12.7 Å². The van der Waals surface area contributed by atoms with E-state index in [0.29, 0.717) is 12.1 Å². The van der Waals surface area contributed by atoms with Crippen molar-refractivity contribution in [2.24, 2.45) is 0 Å². The number of hydrogen-bond donors (Lipinski definition) is 1. The van der Waals surface area contributed by atoms with Crippen molar-refractivity contribution >= 4 is 6.08 Å². The number of benzene rings is 1. The quantitative estimate of drug-likeness (QED) is 0.831. The highest BCUT2D eigenvalue weighted by Gasteiger charge is 2.31. The van der Waals surface area contributed by atoms with Crippen molar-refractivity contribution in [2.75, 3.05) is 32.8 Å². The summed E-state index contributed by atoms with van der Waals surface area (Å²) < 4.78 is 5.93. The molecule has 108 valence electrons. The summed E-state index contributed by atoms with van der Waals surface area (Å²) in [6.07, 6.45) is 7.35. The van der Waals surface area contributed by atoms with Crippen molar-refractivity contribution in [1.82, 2.24) is 10.2 Å². The molecule has 3 nitrogen and oxygen atoms in total. The highest BCUT2D eigenvalue weighted by atomic mass is 16.5. The second kappa shape index (κ2) is 7.02. The largest absolute Gasteiger partial charge is 0.374 e. The van der Waals surface area contributed by atoms with Crippen LogP contribution in [0.1, 0.15) is 18.4 Å². The molecule has 2 saturated heterocycles. The Balaban J connectivity index is 1.35. The van der Waals surface area contributed by atoms with Crippen molar-refractivity contribution in [2.45, 2.75) is 25.0 Å². The topological polar surface area (TPSA) is 24.5 Å². The van der Waals surface area contributed by atoms with Gasteiger partial charge in [-0.2, -0.15) is 0 Å². The Morgan fingerprint density at radius 2 is 2.20 bits per heavy atom. The summed E-state index contributed by atoms with van der Waals surface area (Å²) in [5.74, 6) is 0. The Bertz CT molecular complexity index is 432. The van der Waals surface area contributed by atoms with Gasteiger partial charge in [0.25, 0.3) is 0 Å². The zero-order valence-electron chi connectivity index (χ0n) is 12.0. The summed E-state index contributed by atoms with van der Waals surface area (Å²) in [5, 5.41) is 3.47. The minimum atomic E-state index is 0.356. The van der Waals surface area contributed by atoms with E-state index >= 15 is 0 Å². The zero-order valence-corrected chi connectivity index (χ0v) is 12.0. The van der Waals surface area contributed by atoms with E-state index in [-0.39, 0.29) is 0 Å². The molecule has 0 aromatic heterocycles. The van der Waals surface area contributed by atoms with Crippen LogP contribution in [-0.4, -0.2) is 49.8 Å². The van der Waals surface area contributed by atoms with E-state index in [1.165, 1.54) is 24.9 Å². The second-order valence-corrected chi connectivity index (χ2v) is 5.72. The maximum absolute atomic E-state index is 5.93. The number of rotatable bonds is 5. The van der Waals surface area contributed by atoms with Crippen molar-refractivity contribution < 1.29 is 4.74 Å². The molecule has 2 atom stereocenters. The minimum Gasteiger partial charge on any atom is -0.374 e. The lowest BCUT2D eigenvalue weighted by Gasteiger charge is -2.35. The smallest absolute Gasteiger partial charge is 0.0827 e. The van der Waals surface area contributed by atoms with Crippen LogP contribution >= 0.6 is 0 Å². The maximum Gasteiger partial charge on any atom is 0.0827 e. The molecule has 1 aromatic carbocycles. The van der Waals surface area contributed by atoms with Crippen molar-refractivity contribution in [3.63, 3.8) is 0 Å². The standard InChI is InChI=1S/C17H24N2O/c1-2-6-15(7-3-1)8-4-10-18-12-17-13-19-11-5-9-16(19)14-20-17/h1-4,6-8,16-18H,5,9-14H2. The second-order valence-electron chi connectivity index (χ2n) is 5.72. The first kappa shape index (κ1) is 13.8. The first-order chi connectivity index (χ1) is 9.92. The van der Waals surface area contributed by atoms with E-state index in [1.54, 1.807) is 0 Å². The molecular formula is C17H24N2O. The van der Waals surface area contributed by atoms with Crippen LogP contribution in [0.4, 0.5) is 0 Å². The van der Waals surface area contributed by atoms with Gasteiger partial charge in [-0.25, -0.2) is 0 Å².